The lowest BCUT2D eigenvalue weighted by atomic mass is 10.4. The summed E-state index contributed by atoms with van der Waals surface area (Å²) in [5.74, 6) is 0.633. The molecular weight excluding hydrogens is 218 g/mol. The van der Waals surface area contributed by atoms with Crippen molar-refractivity contribution in [3.63, 3.8) is 0 Å². The molecule has 0 atom stereocenters. The Hall–Kier alpha value is -1.98. The number of fused-ring (bicyclic) bond motifs is 1. The van der Waals surface area contributed by atoms with Crippen molar-refractivity contribution >= 4 is 11.7 Å². The van der Waals surface area contributed by atoms with Crippen molar-refractivity contribution in [2.24, 2.45) is 0 Å². The quantitative estimate of drug-likeness (QED) is 0.723. The first-order valence-corrected chi connectivity index (χ1v) is 5.73. The number of carbonyl (C=O) groups excluding carboxylic acids is 1. The molecule has 0 spiro atoms. The molecule has 6 nitrogen and oxygen atoms in total. The Balaban J connectivity index is 2.00. The fraction of sp³-hybridized carbons (Fsp3) is 0.455. The summed E-state index contributed by atoms with van der Waals surface area (Å²) in [5.41, 5.74) is 0.919. The van der Waals surface area contributed by atoms with E-state index >= 15 is 0 Å². The van der Waals surface area contributed by atoms with Crippen LogP contribution in [0.25, 0.3) is 5.78 Å². The molecule has 1 aliphatic rings. The summed E-state index contributed by atoms with van der Waals surface area (Å²) in [6.07, 6.45) is 3.80. The Labute approximate surface area is 98.3 Å². The minimum atomic E-state index is -0.0904. The van der Waals surface area contributed by atoms with Crippen LogP contribution in [0.1, 0.15) is 29.2 Å². The molecule has 1 fully saturated rings. The molecule has 0 N–H and O–H groups in total. The molecule has 0 bridgehead atoms. The maximum absolute atomic E-state index is 12.1. The minimum absolute atomic E-state index is 0.0904. The van der Waals surface area contributed by atoms with Crippen LogP contribution in [0.2, 0.25) is 0 Å². The normalized spacial score (nSPS) is 15.7. The molecule has 0 saturated carbocycles. The average molecular weight is 231 g/mol. The summed E-state index contributed by atoms with van der Waals surface area (Å²) in [6, 6.07) is 1.84. The second kappa shape index (κ2) is 3.80. The number of amides is 1. The number of carbonyl (C=O) groups is 1. The Bertz CT molecular complexity index is 570. The fourth-order valence-corrected chi connectivity index (χ4v) is 2.06. The molecule has 1 amide bonds. The van der Waals surface area contributed by atoms with Gasteiger partial charge in [-0.15, -0.1) is 5.10 Å². The summed E-state index contributed by atoms with van der Waals surface area (Å²) in [6.45, 7) is 3.52. The molecule has 0 aromatic carbocycles. The van der Waals surface area contributed by atoms with Gasteiger partial charge in [0.15, 0.2) is 0 Å². The van der Waals surface area contributed by atoms with Crippen LogP contribution in [-0.2, 0) is 0 Å². The Morgan fingerprint density at radius 2 is 2.12 bits per heavy atom. The molecule has 3 rings (SSSR count). The van der Waals surface area contributed by atoms with E-state index in [1.165, 1.54) is 0 Å². The van der Waals surface area contributed by atoms with Crippen molar-refractivity contribution in [1.29, 1.82) is 0 Å². The molecule has 2 aromatic heterocycles. The molecular formula is C11H13N5O. The summed E-state index contributed by atoms with van der Waals surface area (Å²) >= 11 is 0. The van der Waals surface area contributed by atoms with Gasteiger partial charge in [-0.05, 0) is 25.8 Å². The highest BCUT2D eigenvalue weighted by molar-refractivity contribution is 5.91. The van der Waals surface area contributed by atoms with Gasteiger partial charge in [-0.25, -0.2) is 9.50 Å². The van der Waals surface area contributed by atoms with E-state index in [0.29, 0.717) is 5.78 Å². The molecule has 0 radical (unpaired) electrons. The zero-order valence-corrected chi connectivity index (χ0v) is 9.63. The van der Waals surface area contributed by atoms with E-state index in [4.69, 9.17) is 0 Å². The minimum Gasteiger partial charge on any atom is -0.336 e. The summed E-state index contributed by atoms with van der Waals surface area (Å²) in [7, 11) is 0. The average Bonchev–Trinajstić information content (AvgIpc) is 2.98. The van der Waals surface area contributed by atoms with Crippen LogP contribution in [0, 0.1) is 6.92 Å². The van der Waals surface area contributed by atoms with Crippen molar-refractivity contribution in [3.05, 3.63) is 23.8 Å². The lowest BCUT2D eigenvalue weighted by Gasteiger charge is -2.11. The lowest BCUT2D eigenvalue weighted by Crippen LogP contribution is -2.28. The predicted molar refractivity (Wildman–Crippen MR) is 60.7 cm³/mol. The van der Waals surface area contributed by atoms with Crippen molar-refractivity contribution in [1.82, 2.24) is 24.5 Å². The smallest absolute Gasteiger partial charge is 0.293 e. The molecule has 17 heavy (non-hydrogen) atoms. The van der Waals surface area contributed by atoms with Crippen LogP contribution in [0.15, 0.2) is 12.3 Å². The van der Waals surface area contributed by atoms with E-state index in [1.54, 1.807) is 15.6 Å². The largest absolute Gasteiger partial charge is 0.336 e. The number of aryl methyl sites for hydroxylation is 1. The van der Waals surface area contributed by atoms with E-state index in [2.05, 4.69) is 15.1 Å². The molecule has 2 aromatic rings. The van der Waals surface area contributed by atoms with Gasteiger partial charge in [0.25, 0.3) is 11.7 Å². The molecule has 3 heterocycles. The molecule has 88 valence electrons. The molecule has 1 saturated heterocycles. The highest BCUT2D eigenvalue weighted by Crippen LogP contribution is 2.11. The van der Waals surface area contributed by atoms with Gasteiger partial charge >= 0.3 is 0 Å². The summed E-state index contributed by atoms with van der Waals surface area (Å²) in [4.78, 5) is 22.1. The summed E-state index contributed by atoms with van der Waals surface area (Å²) < 4.78 is 1.60. The summed E-state index contributed by atoms with van der Waals surface area (Å²) in [5, 5.41) is 4.21. The maximum Gasteiger partial charge on any atom is 0.293 e. The molecule has 0 aliphatic carbocycles. The number of rotatable bonds is 1. The highest BCUT2D eigenvalue weighted by Gasteiger charge is 2.23. The first kappa shape index (κ1) is 10.2. The third-order valence-electron chi connectivity index (χ3n) is 3.01. The van der Waals surface area contributed by atoms with Gasteiger partial charge in [-0.3, -0.25) is 4.79 Å². The number of hydrogen-bond acceptors (Lipinski definition) is 4. The predicted octanol–water partition coefficient (Wildman–Crippen LogP) is 0.669. The van der Waals surface area contributed by atoms with Crippen LogP contribution >= 0.6 is 0 Å². The molecule has 1 aliphatic heterocycles. The molecule has 6 heteroatoms. The zero-order valence-electron chi connectivity index (χ0n) is 9.63. The van der Waals surface area contributed by atoms with E-state index in [9.17, 15) is 4.79 Å². The van der Waals surface area contributed by atoms with Gasteiger partial charge in [0.1, 0.15) is 0 Å². The monoisotopic (exact) mass is 231 g/mol. The van der Waals surface area contributed by atoms with Gasteiger partial charge in [0.05, 0.1) is 0 Å². The van der Waals surface area contributed by atoms with Crippen molar-refractivity contribution < 1.29 is 4.79 Å². The fourth-order valence-electron chi connectivity index (χ4n) is 2.06. The van der Waals surface area contributed by atoms with Crippen LogP contribution < -0.4 is 0 Å². The second-order valence-corrected chi connectivity index (χ2v) is 4.23. The van der Waals surface area contributed by atoms with Crippen LogP contribution in [0.3, 0.4) is 0 Å². The third kappa shape index (κ3) is 1.65. The topological polar surface area (TPSA) is 63.4 Å². The second-order valence-electron chi connectivity index (χ2n) is 4.23. The van der Waals surface area contributed by atoms with Crippen LogP contribution in [-0.4, -0.2) is 43.5 Å². The Morgan fingerprint density at radius 3 is 2.82 bits per heavy atom. The SMILES string of the molecule is Cc1ccnc2nc(C(=O)N3CCCC3)nn12. The Kier molecular flexibility index (Phi) is 2.28. The molecule has 0 unspecified atom stereocenters. The van der Waals surface area contributed by atoms with E-state index in [-0.39, 0.29) is 11.7 Å². The van der Waals surface area contributed by atoms with Gasteiger partial charge < -0.3 is 4.90 Å². The Morgan fingerprint density at radius 1 is 1.35 bits per heavy atom. The standard InChI is InChI=1S/C11H13N5O/c1-8-4-5-12-11-13-9(14-16(8)11)10(17)15-6-2-3-7-15/h4-5H,2-3,6-7H2,1H3. The van der Waals surface area contributed by atoms with Crippen molar-refractivity contribution in [2.45, 2.75) is 19.8 Å². The zero-order chi connectivity index (χ0) is 11.8. The number of likely N-dealkylation sites (tertiary alicyclic amines) is 1. The third-order valence-corrected chi connectivity index (χ3v) is 3.01. The van der Waals surface area contributed by atoms with Crippen molar-refractivity contribution in [2.75, 3.05) is 13.1 Å². The van der Waals surface area contributed by atoms with Crippen LogP contribution in [0.4, 0.5) is 0 Å². The van der Waals surface area contributed by atoms with E-state index in [0.717, 1.165) is 31.6 Å². The first-order chi connectivity index (χ1) is 8.25. The van der Waals surface area contributed by atoms with E-state index in [1.807, 2.05) is 13.0 Å². The van der Waals surface area contributed by atoms with Crippen molar-refractivity contribution in [3.8, 4) is 0 Å². The van der Waals surface area contributed by atoms with Gasteiger partial charge in [-0.2, -0.15) is 4.98 Å². The lowest BCUT2D eigenvalue weighted by molar-refractivity contribution is 0.0781. The maximum atomic E-state index is 12.1. The van der Waals surface area contributed by atoms with Crippen LogP contribution in [0.5, 0.6) is 0 Å². The van der Waals surface area contributed by atoms with E-state index < -0.39 is 0 Å². The highest BCUT2D eigenvalue weighted by atomic mass is 16.2. The van der Waals surface area contributed by atoms with Gasteiger partial charge in [0.2, 0.25) is 5.82 Å². The van der Waals surface area contributed by atoms with Gasteiger partial charge in [0, 0.05) is 25.0 Å². The number of hydrogen-bond donors (Lipinski definition) is 0. The number of nitrogens with zero attached hydrogens (tertiary/aromatic N) is 5. The van der Waals surface area contributed by atoms with Gasteiger partial charge in [-0.1, -0.05) is 0 Å². The number of aromatic nitrogens is 4. The first-order valence-electron chi connectivity index (χ1n) is 5.73.